The van der Waals surface area contributed by atoms with Crippen molar-refractivity contribution in [3.05, 3.63) is 0 Å². The van der Waals surface area contributed by atoms with E-state index in [1.54, 1.807) is 0 Å². The van der Waals surface area contributed by atoms with Gasteiger partial charge in [-0.2, -0.15) is 0 Å². The molecular formula is CrCuMgOZn. The fourth-order valence-electron chi connectivity index (χ4n) is 0. The van der Waals surface area contributed by atoms with Crippen LogP contribution in [0, 0.1) is 0 Å². The number of rotatable bonds is 0. The first-order chi connectivity index (χ1) is 0. The number of hydrogen-bond acceptors (Lipinski definition) is 0. The molecule has 1 radical (unpaired) electrons. The molecule has 0 bridgehead atoms. The molecule has 0 amide bonds. The van der Waals surface area contributed by atoms with E-state index >= 15 is 0 Å². The van der Waals surface area contributed by atoms with E-state index < -0.39 is 0 Å². The van der Waals surface area contributed by atoms with Gasteiger partial charge in [0.05, 0.1) is 0 Å². The second-order valence-corrected chi connectivity index (χ2v) is 0. The predicted octanol–water partition coefficient (Wildman–Crippen LogP) is -0.507. The van der Waals surface area contributed by atoms with Crippen molar-refractivity contribution < 1.29 is 59.4 Å². The van der Waals surface area contributed by atoms with E-state index in [9.17, 15) is 0 Å². The molecule has 0 aromatic rings. The van der Waals surface area contributed by atoms with Crippen LogP contribution in [0.4, 0.5) is 0 Å². The van der Waals surface area contributed by atoms with Crippen LogP contribution in [-0.4, -0.2) is 23.1 Å². The summed E-state index contributed by atoms with van der Waals surface area (Å²) in [6, 6.07) is 0. The largest absolute Gasteiger partial charge is 2.00 e. The fourth-order valence-corrected chi connectivity index (χ4v) is 0. The molecule has 0 aliphatic carbocycles. The van der Waals surface area contributed by atoms with E-state index in [1.165, 1.54) is 0 Å². The van der Waals surface area contributed by atoms with Crippen LogP contribution in [0.2, 0.25) is 0 Å². The van der Waals surface area contributed by atoms with Gasteiger partial charge in [-0.25, -0.2) is 0 Å². The summed E-state index contributed by atoms with van der Waals surface area (Å²) in [6.45, 7) is 0. The molecule has 5 heavy (non-hydrogen) atoms. The smallest absolute Gasteiger partial charge is 2.00 e. The number of hydrogen-bond donors (Lipinski definition) is 0. The summed E-state index contributed by atoms with van der Waals surface area (Å²) >= 11 is 0. The van der Waals surface area contributed by atoms with Gasteiger partial charge in [0.15, 0.2) is 0 Å². The Morgan fingerprint density at radius 3 is 1.00 bits per heavy atom. The quantitative estimate of drug-likeness (QED) is 0.493. The van der Waals surface area contributed by atoms with Gasteiger partial charge < -0.3 is 5.48 Å². The monoisotopic (exact) mass is 219 g/mol. The summed E-state index contributed by atoms with van der Waals surface area (Å²) < 4.78 is 0. The summed E-state index contributed by atoms with van der Waals surface area (Å²) in [5.74, 6) is 0. The SMILES string of the molecule is [Cr].[Cu].[Mg+2].[O-2].[Zn]. The van der Waals surface area contributed by atoms with Crippen molar-refractivity contribution >= 4 is 23.1 Å². The van der Waals surface area contributed by atoms with Gasteiger partial charge in [0.2, 0.25) is 0 Å². The van der Waals surface area contributed by atoms with Crippen molar-refractivity contribution in [2.45, 2.75) is 0 Å². The molecule has 0 heterocycles. The average Bonchev–Trinajstić information content (AvgIpc) is 0. The molecule has 0 aliphatic heterocycles. The van der Waals surface area contributed by atoms with Gasteiger partial charge >= 0.3 is 23.1 Å². The minimum Gasteiger partial charge on any atom is -2.00 e. The van der Waals surface area contributed by atoms with Crippen molar-refractivity contribution in [3.63, 3.8) is 0 Å². The molecule has 0 N–H and O–H groups in total. The molecule has 0 spiro atoms. The van der Waals surface area contributed by atoms with Crippen molar-refractivity contribution in [1.82, 2.24) is 0 Å². The van der Waals surface area contributed by atoms with Gasteiger partial charge in [0.1, 0.15) is 0 Å². The Balaban J connectivity index is 0. The summed E-state index contributed by atoms with van der Waals surface area (Å²) in [5.41, 5.74) is 0. The maximum absolute atomic E-state index is 0. The van der Waals surface area contributed by atoms with Crippen molar-refractivity contribution in [3.8, 4) is 0 Å². The first kappa shape index (κ1) is 52.6. The standard InChI is InChI=1S/Cr.Cu.Mg.O.Zn/q;;+2;-2;. The second-order valence-electron chi connectivity index (χ2n) is 0. The van der Waals surface area contributed by atoms with Gasteiger partial charge in [-0.15, -0.1) is 0 Å². The van der Waals surface area contributed by atoms with Crippen LogP contribution in [0.25, 0.3) is 0 Å². The Labute approximate surface area is 81.5 Å². The molecule has 0 aliphatic rings. The third kappa shape index (κ3) is 21.5. The van der Waals surface area contributed by atoms with E-state index in [0.29, 0.717) is 0 Å². The van der Waals surface area contributed by atoms with Crippen LogP contribution in [0.3, 0.4) is 0 Å². The molecule has 0 aromatic carbocycles. The molecule has 0 aromatic heterocycles. The Morgan fingerprint density at radius 2 is 1.00 bits per heavy atom. The predicted molar refractivity (Wildman–Crippen MR) is 6.44 cm³/mol. The molecule has 1 nitrogen and oxygen atoms in total. The zero-order chi connectivity index (χ0) is 0. The Bertz CT molecular complexity index is 11.6. The maximum atomic E-state index is 0. The van der Waals surface area contributed by atoms with Crippen LogP contribution in [0.15, 0.2) is 0 Å². The molecule has 0 rings (SSSR count). The third-order valence-corrected chi connectivity index (χ3v) is 0. The Kier molecular flexibility index (Phi) is 341. The fraction of sp³-hybridized carbons (Fsp3) is 0. The molecule has 27 valence electrons. The average molecular weight is 221 g/mol. The van der Waals surface area contributed by atoms with E-state index in [2.05, 4.69) is 0 Å². The van der Waals surface area contributed by atoms with E-state index in [1.807, 2.05) is 0 Å². The van der Waals surface area contributed by atoms with Crippen molar-refractivity contribution in [2.24, 2.45) is 0 Å². The van der Waals surface area contributed by atoms with Crippen molar-refractivity contribution in [2.75, 3.05) is 0 Å². The van der Waals surface area contributed by atoms with E-state index in [0.717, 1.165) is 0 Å². The molecular weight excluding hydrogens is 221 g/mol. The van der Waals surface area contributed by atoms with Crippen molar-refractivity contribution in [1.29, 1.82) is 0 Å². The summed E-state index contributed by atoms with van der Waals surface area (Å²) in [6.07, 6.45) is 0. The topological polar surface area (TPSA) is 28.5 Å². The molecule has 0 saturated heterocycles. The van der Waals surface area contributed by atoms with Gasteiger partial charge in [-0.3, -0.25) is 0 Å². The summed E-state index contributed by atoms with van der Waals surface area (Å²) in [5, 5.41) is 0. The minimum absolute atomic E-state index is 0. The van der Waals surface area contributed by atoms with Crippen LogP contribution < -0.4 is 0 Å². The van der Waals surface area contributed by atoms with Crippen LogP contribution in [0.1, 0.15) is 0 Å². The molecule has 0 unspecified atom stereocenters. The maximum Gasteiger partial charge on any atom is 2.00 e. The zero-order valence-corrected chi connectivity index (χ0v) is 9.13. The van der Waals surface area contributed by atoms with Crippen LogP contribution in [-0.2, 0) is 59.4 Å². The summed E-state index contributed by atoms with van der Waals surface area (Å²) in [4.78, 5) is 0. The van der Waals surface area contributed by atoms with E-state index in [-0.39, 0.29) is 82.4 Å². The second kappa shape index (κ2) is 32.4. The summed E-state index contributed by atoms with van der Waals surface area (Å²) in [7, 11) is 0. The Hall–Kier alpha value is 2.40. The Morgan fingerprint density at radius 1 is 1.00 bits per heavy atom. The molecule has 0 atom stereocenters. The van der Waals surface area contributed by atoms with Gasteiger partial charge in [-0.05, 0) is 0 Å². The van der Waals surface area contributed by atoms with Gasteiger partial charge in [0, 0.05) is 53.9 Å². The third-order valence-electron chi connectivity index (χ3n) is 0. The first-order valence-electron chi connectivity index (χ1n) is 0. The first-order valence-corrected chi connectivity index (χ1v) is 0. The zero-order valence-electron chi connectivity index (χ0n) is 2.53. The van der Waals surface area contributed by atoms with Gasteiger partial charge in [0.25, 0.3) is 0 Å². The molecule has 5 heteroatoms. The van der Waals surface area contributed by atoms with Crippen LogP contribution >= 0.6 is 0 Å². The normalized spacial score (nSPS) is 0. The van der Waals surface area contributed by atoms with E-state index in [4.69, 9.17) is 0 Å². The molecule has 0 fully saturated rings. The van der Waals surface area contributed by atoms with Crippen LogP contribution in [0.5, 0.6) is 0 Å². The molecule has 0 saturated carbocycles. The van der Waals surface area contributed by atoms with Gasteiger partial charge in [-0.1, -0.05) is 0 Å². The minimum atomic E-state index is 0.